The summed E-state index contributed by atoms with van der Waals surface area (Å²) in [7, 11) is 0. The van der Waals surface area contributed by atoms with Crippen LogP contribution in [-0.2, 0) is 0 Å². The first kappa shape index (κ1) is 28.1. The average molecular weight is 718 g/mol. The van der Waals surface area contributed by atoms with Crippen molar-refractivity contribution in [2.75, 3.05) is 4.90 Å². The Kier molecular flexibility index (Phi) is 6.60. The summed E-state index contributed by atoms with van der Waals surface area (Å²) >= 11 is 0. The zero-order valence-corrected chi connectivity index (χ0v) is 30.3. The second-order valence-electron chi connectivity index (χ2n) is 14.1. The molecule has 11 rings (SSSR count). The number of fused-ring (bicyclic) bond motifs is 7. The molecule has 11 aromatic rings. The summed E-state index contributed by atoms with van der Waals surface area (Å²) in [6, 6.07) is 62.7. The van der Waals surface area contributed by atoms with E-state index in [4.69, 9.17) is 4.42 Å². The van der Waals surface area contributed by atoms with Crippen molar-refractivity contribution >= 4 is 71.3 Å². The Morgan fingerprint density at radius 2 is 0.893 bits per heavy atom. The first-order chi connectivity index (χ1) is 29.4. The molecular weight excluding hydrogens is 679 g/mol. The molecule has 1 heterocycles. The van der Waals surface area contributed by atoms with Gasteiger partial charge >= 0.3 is 0 Å². The highest BCUT2D eigenvalue weighted by Gasteiger charge is 2.20. The van der Waals surface area contributed by atoms with Crippen LogP contribution < -0.4 is 4.90 Å². The number of rotatable bonds is 6. The molecule has 0 aliphatic heterocycles. The van der Waals surface area contributed by atoms with Gasteiger partial charge in [-0.15, -0.1) is 0 Å². The molecule has 0 unspecified atom stereocenters. The number of hydrogen-bond donors (Lipinski definition) is 0. The summed E-state index contributed by atoms with van der Waals surface area (Å²) in [6.45, 7) is 0. The maximum atomic E-state index is 9.69. The van der Waals surface area contributed by atoms with E-state index < -0.39 is 0 Å². The molecule has 0 saturated carbocycles. The molecule has 56 heavy (non-hydrogen) atoms. The van der Waals surface area contributed by atoms with Crippen LogP contribution in [-0.4, -0.2) is 0 Å². The van der Waals surface area contributed by atoms with Crippen LogP contribution in [0.15, 0.2) is 217 Å². The van der Waals surface area contributed by atoms with Crippen LogP contribution >= 0.6 is 0 Å². The minimum atomic E-state index is -0.137. The fourth-order valence-corrected chi connectivity index (χ4v) is 8.26. The molecule has 0 aliphatic rings. The zero-order chi connectivity index (χ0) is 40.5. The molecule has 0 radical (unpaired) electrons. The first-order valence-corrected chi connectivity index (χ1v) is 18.8. The maximum Gasteiger partial charge on any atom is 0.137 e. The van der Waals surface area contributed by atoms with Gasteiger partial charge < -0.3 is 9.32 Å². The van der Waals surface area contributed by atoms with E-state index in [1.165, 1.54) is 16.3 Å². The quantitative estimate of drug-likeness (QED) is 0.159. The third-order valence-corrected chi connectivity index (χ3v) is 11.0. The summed E-state index contributed by atoms with van der Waals surface area (Å²) in [4.78, 5) is 1.86. The van der Waals surface area contributed by atoms with Crippen molar-refractivity contribution in [3.8, 4) is 33.4 Å². The Balaban J connectivity index is 1.07. The third-order valence-electron chi connectivity index (χ3n) is 11.0. The van der Waals surface area contributed by atoms with Crippen molar-refractivity contribution in [3.05, 3.63) is 212 Å². The van der Waals surface area contributed by atoms with Crippen molar-refractivity contribution in [1.29, 1.82) is 0 Å². The number of benzene rings is 10. The maximum absolute atomic E-state index is 9.69. The van der Waals surface area contributed by atoms with Crippen LogP contribution in [0.4, 0.5) is 17.1 Å². The average Bonchev–Trinajstić information content (AvgIpc) is 3.69. The van der Waals surface area contributed by atoms with Crippen molar-refractivity contribution in [2.45, 2.75) is 0 Å². The van der Waals surface area contributed by atoms with Crippen LogP contribution in [0.25, 0.3) is 87.6 Å². The number of nitrogens with zero attached hydrogens (tertiary/aromatic N) is 1. The molecule has 0 fully saturated rings. The van der Waals surface area contributed by atoms with E-state index in [2.05, 4.69) is 78.9 Å². The lowest BCUT2D eigenvalue weighted by Gasteiger charge is -2.26. The molecule has 1 aromatic heterocycles. The van der Waals surface area contributed by atoms with E-state index in [0.717, 1.165) is 54.6 Å². The molecule has 0 N–H and O–H groups in total. The third kappa shape index (κ3) is 5.34. The van der Waals surface area contributed by atoms with Gasteiger partial charge in [0.15, 0.2) is 0 Å². The van der Waals surface area contributed by atoms with E-state index in [1.54, 1.807) is 0 Å². The van der Waals surface area contributed by atoms with Gasteiger partial charge in [-0.25, -0.2) is 0 Å². The molecule has 2 heteroatoms. The van der Waals surface area contributed by atoms with Crippen LogP contribution in [0.2, 0.25) is 0 Å². The number of para-hydroxylation sites is 1. The topological polar surface area (TPSA) is 16.4 Å². The van der Waals surface area contributed by atoms with E-state index in [0.29, 0.717) is 22.5 Å². The second kappa shape index (κ2) is 13.2. The predicted molar refractivity (Wildman–Crippen MR) is 237 cm³/mol. The van der Waals surface area contributed by atoms with Gasteiger partial charge in [0.1, 0.15) is 11.2 Å². The largest absolute Gasteiger partial charge is 0.456 e. The van der Waals surface area contributed by atoms with Gasteiger partial charge in [0, 0.05) is 16.8 Å². The zero-order valence-electron chi connectivity index (χ0n) is 34.3. The molecule has 0 saturated heterocycles. The summed E-state index contributed by atoms with van der Waals surface area (Å²) in [5, 5.41) is 8.17. The Hall–Kier alpha value is -7.42. The van der Waals surface area contributed by atoms with Crippen LogP contribution in [0.5, 0.6) is 0 Å². The monoisotopic (exact) mass is 717 g/mol. The van der Waals surface area contributed by atoms with E-state index in [-0.39, 0.29) is 35.4 Å². The van der Waals surface area contributed by atoms with Crippen LogP contribution in [0, 0.1) is 0 Å². The molecule has 0 spiro atoms. The molecule has 0 bridgehead atoms. The lowest BCUT2D eigenvalue weighted by molar-refractivity contribution is 0.669. The van der Waals surface area contributed by atoms with Crippen LogP contribution in [0.3, 0.4) is 0 Å². The molecule has 0 amide bonds. The smallest absolute Gasteiger partial charge is 0.137 e. The fourth-order valence-electron chi connectivity index (χ4n) is 8.26. The molecule has 0 aliphatic carbocycles. The highest BCUT2D eigenvalue weighted by atomic mass is 16.3. The lowest BCUT2D eigenvalue weighted by Crippen LogP contribution is -2.10. The van der Waals surface area contributed by atoms with Gasteiger partial charge in [-0.05, 0) is 108 Å². The van der Waals surface area contributed by atoms with Gasteiger partial charge in [-0.3, -0.25) is 0 Å². The molecule has 0 atom stereocenters. The molecule has 10 aromatic carbocycles. The van der Waals surface area contributed by atoms with E-state index in [1.807, 2.05) is 114 Å². The Morgan fingerprint density at radius 3 is 1.68 bits per heavy atom. The lowest BCUT2D eigenvalue weighted by atomic mass is 9.94. The summed E-state index contributed by atoms with van der Waals surface area (Å²) in [6.07, 6.45) is 0. The standard InChI is InChI=1S/C54H35NO/c1-3-13-44-38(10-1)12-7-16-45(44)40-24-22-36(23-25-40)37-26-31-42(32-27-37)55(51-19-9-21-53-54(51)50-15-5-6-20-52(50)56-53)43-33-28-41(29-34-43)47-17-8-18-48-46-14-4-2-11-39(46)30-35-49(47)48/h1-35H/i28D,29D,33D,34D. The van der Waals surface area contributed by atoms with Crippen molar-refractivity contribution in [2.24, 2.45) is 0 Å². The minimum Gasteiger partial charge on any atom is -0.456 e. The molecule has 262 valence electrons. The Morgan fingerprint density at radius 1 is 0.339 bits per heavy atom. The summed E-state index contributed by atoms with van der Waals surface area (Å²) < 4.78 is 44.8. The van der Waals surface area contributed by atoms with Gasteiger partial charge in [0.05, 0.1) is 16.6 Å². The number of hydrogen-bond acceptors (Lipinski definition) is 2. The van der Waals surface area contributed by atoms with Crippen LogP contribution in [0.1, 0.15) is 5.48 Å². The molecule has 2 nitrogen and oxygen atoms in total. The van der Waals surface area contributed by atoms with Gasteiger partial charge in [-0.1, -0.05) is 170 Å². The van der Waals surface area contributed by atoms with Crippen molar-refractivity contribution < 1.29 is 9.90 Å². The minimum absolute atomic E-state index is 0.108. The number of furan rings is 1. The van der Waals surface area contributed by atoms with E-state index in [9.17, 15) is 5.48 Å². The predicted octanol–water partition coefficient (Wildman–Crippen LogP) is 15.5. The molecular formula is C54H35NO. The van der Waals surface area contributed by atoms with E-state index >= 15 is 0 Å². The van der Waals surface area contributed by atoms with Crippen molar-refractivity contribution in [1.82, 2.24) is 0 Å². The fraction of sp³-hybridized carbons (Fsp3) is 0. The highest BCUT2D eigenvalue weighted by Crippen LogP contribution is 2.44. The van der Waals surface area contributed by atoms with Gasteiger partial charge in [0.25, 0.3) is 0 Å². The van der Waals surface area contributed by atoms with Crippen molar-refractivity contribution in [3.63, 3.8) is 0 Å². The Bertz CT molecular complexity index is 3450. The van der Waals surface area contributed by atoms with Gasteiger partial charge in [0.2, 0.25) is 0 Å². The second-order valence-corrected chi connectivity index (χ2v) is 14.1. The summed E-state index contributed by atoms with van der Waals surface area (Å²) in [5.74, 6) is 0. The normalized spacial score (nSPS) is 12.6. The summed E-state index contributed by atoms with van der Waals surface area (Å²) in [5.41, 5.74) is 8.24. The van der Waals surface area contributed by atoms with Gasteiger partial charge in [-0.2, -0.15) is 0 Å². The number of anilines is 3. The highest BCUT2D eigenvalue weighted by molar-refractivity contribution is 6.14. The Labute approximate surface area is 330 Å². The SMILES string of the molecule is [2H]c1c([2H])c(N(c2ccc(-c3ccc(-c4cccc5ccccc45)cc3)cc2)c2cccc3oc4ccccc4c23)c([2H])c([2H])c1-c1cccc2c1ccc1ccccc12. The first-order valence-electron chi connectivity index (χ1n) is 20.8.